The van der Waals surface area contributed by atoms with Gasteiger partial charge in [-0.25, -0.2) is 9.78 Å². The van der Waals surface area contributed by atoms with Crippen molar-refractivity contribution in [2.24, 2.45) is 0 Å². The van der Waals surface area contributed by atoms with Crippen molar-refractivity contribution < 1.29 is 14.3 Å². The highest BCUT2D eigenvalue weighted by atomic mass is 16.5. The number of carbonyl (C=O) groups is 2. The first kappa shape index (κ1) is 14.3. The number of likely N-dealkylation sites (tertiary alicyclic amines) is 1. The van der Waals surface area contributed by atoms with Gasteiger partial charge >= 0.3 is 5.97 Å². The zero-order valence-corrected chi connectivity index (χ0v) is 11.5. The summed E-state index contributed by atoms with van der Waals surface area (Å²) in [4.78, 5) is 30.0. The minimum Gasteiger partial charge on any atom is -0.464 e. The Balaban J connectivity index is 2.22. The van der Waals surface area contributed by atoms with Gasteiger partial charge in [0.15, 0.2) is 5.69 Å². The SMILES string of the molecule is CCOC(=O)C1CCCCN1C(=O)c1ncccc1N. The molecule has 2 rings (SSSR count). The van der Waals surface area contributed by atoms with Gasteiger partial charge in [0.1, 0.15) is 6.04 Å². The highest BCUT2D eigenvalue weighted by Gasteiger charge is 2.34. The third-order valence-corrected chi connectivity index (χ3v) is 3.36. The Morgan fingerprint density at radius 1 is 1.50 bits per heavy atom. The molecule has 2 N–H and O–H groups in total. The van der Waals surface area contributed by atoms with E-state index in [-0.39, 0.29) is 17.6 Å². The maximum atomic E-state index is 12.5. The summed E-state index contributed by atoms with van der Waals surface area (Å²) in [5.41, 5.74) is 6.30. The van der Waals surface area contributed by atoms with Crippen molar-refractivity contribution in [2.45, 2.75) is 32.2 Å². The molecule has 0 aliphatic carbocycles. The lowest BCUT2D eigenvalue weighted by atomic mass is 10.0. The van der Waals surface area contributed by atoms with Gasteiger partial charge in [0.25, 0.3) is 5.91 Å². The number of aromatic nitrogens is 1. The Hall–Kier alpha value is -2.11. The molecule has 0 bridgehead atoms. The molecule has 2 heterocycles. The molecule has 20 heavy (non-hydrogen) atoms. The predicted molar refractivity (Wildman–Crippen MR) is 74.0 cm³/mol. The van der Waals surface area contributed by atoms with Crippen LogP contribution in [0.2, 0.25) is 0 Å². The molecule has 0 saturated carbocycles. The van der Waals surface area contributed by atoms with Crippen LogP contribution in [-0.4, -0.2) is 41.0 Å². The highest BCUT2D eigenvalue weighted by Crippen LogP contribution is 2.22. The van der Waals surface area contributed by atoms with Gasteiger partial charge in [-0.1, -0.05) is 0 Å². The molecule has 1 saturated heterocycles. The number of esters is 1. The number of piperidine rings is 1. The third-order valence-electron chi connectivity index (χ3n) is 3.36. The maximum absolute atomic E-state index is 12.5. The lowest BCUT2D eigenvalue weighted by Crippen LogP contribution is -2.49. The average molecular weight is 277 g/mol. The molecule has 1 unspecified atom stereocenters. The van der Waals surface area contributed by atoms with Crippen molar-refractivity contribution in [3.05, 3.63) is 24.0 Å². The molecule has 6 heteroatoms. The molecule has 1 aliphatic heterocycles. The molecule has 1 fully saturated rings. The van der Waals surface area contributed by atoms with Gasteiger partial charge < -0.3 is 15.4 Å². The predicted octanol–water partition coefficient (Wildman–Crippen LogP) is 1.22. The highest BCUT2D eigenvalue weighted by molar-refractivity contribution is 5.99. The van der Waals surface area contributed by atoms with E-state index < -0.39 is 6.04 Å². The van der Waals surface area contributed by atoms with Gasteiger partial charge in [0.05, 0.1) is 12.3 Å². The molecule has 108 valence electrons. The molecule has 1 aliphatic rings. The molecule has 1 atom stereocenters. The molecular weight excluding hydrogens is 258 g/mol. The number of amides is 1. The van der Waals surface area contributed by atoms with Gasteiger partial charge in [0.2, 0.25) is 0 Å². The number of hydrogen-bond acceptors (Lipinski definition) is 5. The fraction of sp³-hybridized carbons (Fsp3) is 0.500. The van der Waals surface area contributed by atoms with Gasteiger partial charge in [-0.3, -0.25) is 4.79 Å². The largest absolute Gasteiger partial charge is 0.464 e. The average Bonchev–Trinajstić information content (AvgIpc) is 2.47. The molecule has 1 aromatic rings. The van der Waals surface area contributed by atoms with Gasteiger partial charge in [0, 0.05) is 12.7 Å². The molecule has 6 nitrogen and oxygen atoms in total. The number of carbonyl (C=O) groups excluding carboxylic acids is 2. The van der Waals surface area contributed by atoms with E-state index in [2.05, 4.69) is 4.98 Å². The zero-order chi connectivity index (χ0) is 14.5. The molecular formula is C14H19N3O3. The van der Waals surface area contributed by atoms with Crippen LogP contribution in [0.25, 0.3) is 0 Å². The second-order valence-electron chi connectivity index (χ2n) is 4.70. The van der Waals surface area contributed by atoms with Gasteiger partial charge in [-0.2, -0.15) is 0 Å². The third kappa shape index (κ3) is 2.89. The van der Waals surface area contributed by atoms with Crippen molar-refractivity contribution in [1.29, 1.82) is 0 Å². The summed E-state index contributed by atoms with van der Waals surface area (Å²) in [7, 11) is 0. The van der Waals surface area contributed by atoms with Crippen LogP contribution in [0.5, 0.6) is 0 Å². The molecule has 1 aromatic heterocycles. The van der Waals surface area contributed by atoms with E-state index in [1.807, 2.05) is 0 Å². The van der Waals surface area contributed by atoms with E-state index in [1.54, 1.807) is 19.1 Å². The zero-order valence-electron chi connectivity index (χ0n) is 11.5. The van der Waals surface area contributed by atoms with Gasteiger partial charge in [-0.15, -0.1) is 0 Å². The molecule has 0 radical (unpaired) electrons. The number of nitrogens with two attached hydrogens (primary N) is 1. The normalized spacial score (nSPS) is 18.6. The van der Waals surface area contributed by atoms with Crippen LogP contribution >= 0.6 is 0 Å². The first-order valence-corrected chi connectivity index (χ1v) is 6.83. The van der Waals surface area contributed by atoms with Crippen molar-refractivity contribution in [3.8, 4) is 0 Å². The van der Waals surface area contributed by atoms with Crippen molar-refractivity contribution in [1.82, 2.24) is 9.88 Å². The quantitative estimate of drug-likeness (QED) is 0.840. The number of ether oxygens (including phenoxy) is 1. The second-order valence-corrected chi connectivity index (χ2v) is 4.70. The van der Waals surface area contributed by atoms with E-state index in [0.29, 0.717) is 25.3 Å². The summed E-state index contributed by atoms with van der Waals surface area (Å²) in [6.07, 6.45) is 3.92. The van der Waals surface area contributed by atoms with Crippen molar-refractivity contribution in [2.75, 3.05) is 18.9 Å². The van der Waals surface area contributed by atoms with E-state index in [9.17, 15) is 9.59 Å². The first-order valence-electron chi connectivity index (χ1n) is 6.83. The Kier molecular flexibility index (Phi) is 4.55. The number of nitrogen functional groups attached to an aromatic ring is 1. The maximum Gasteiger partial charge on any atom is 0.328 e. The minimum absolute atomic E-state index is 0.198. The first-order chi connectivity index (χ1) is 9.65. The number of hydrogen-bond donors (Lipinski definition) is 1. The van der Waals surface area contributed by atoms with Crippen LogP contribution in [0.4, 0.5) is 5.69 Å². The van der Waals surface area contributed by atoms with Crippen molar-refractivity contribution in [3.63, 3.8) is 0 Å². The van der Waals surface area contributed by atoms with Crippen LogP contribution in [-0.2, 0) is 9.53 Å². The van der Waals surface area contributed by atoms with Crippen LogP contribution in [0.3, 0.4) is 0 Å². The summed E-state index contributed by atoms with van der Waals surface area (Å²) in [5, 5.41) is 0. The topological polar surface area (TPSA) is 85.5 Å². The van der Waals surface area contributed by atoms with Crippen LogP contribution in [0.15, 0.2) is 18.3 Å². The van der Waals surface area contributed by atoms with E-state index in [1.165, 1.54) is 11.1 Å². The Morgan fingerprint density at radius 3 is 3.00 bits per heavy atom. The Bertz CT molecular complexity index is 504. The summed E-state index contributed by atoms with van der Waals surface area (Å²) < 4.78 is 5.04. The molecule has 0 aromatic carbocycles. The van der Waals surface area contributed by atoms with Crippen LogP contribution in [0.1, 0.15) is 36.7 Å². The number of nitrogens with zero attached hydrogens (tertiary/aromatic N) is 2. The lowest BCUT2D eigenvalue weighted by Gasteiger charge is -2.33. The molecule has 0 spiro atoms. The van der Waals surface area contributed by atoms with Crippen LogP contribution in [0, 0.1) is 0 Å². The fourth-order valence-corrected chi connectivity index (χ4v) is 2.39. The smallest absolute Gasteiger partial charge is 0.328 e. The Morgan fingerprint density at radius 2 is 2.30 bits per heavy atom. The number of pyridine rings is 1. The number of rotatable bonds is 3. The summed E-state index contributed by atoms with van der Waals surface area (Å²) in [6, 6.07) is 2.77. The summed E-state index contributed by atoms with van der Waals surface area (Å²) >= 11 is 0. The van der Waals surface area contributed by atoms with Crippen LogP contribution < -0.4 is 5.73 Å². The minimum atomic E-state index is -0.530. The summed E-state index contributed by atoms with van der Waals surface area (Å²) in [5.74, 6) is -0.657. The monoisotopic (exact) mass is 277 g/mol. The van der Waals surface area contributed by atoms with E-state index in [0.717, 1.165) is 12.8 Å². The standard InChI is InChI=1S/C14H19N3O3/c1-2-20-14(19)11-7-3-4-9-17(11)13(18)12-10(15)6-5-8-16-12/h5-6,8,11H,2-4,7,9,15H2,1H3. The number of anilines is 1. The van der Waals surface area contributed by atoms with E-state index >= 15 is 0 Å². The van der Waals surface area contributed by atoms with Crippen molar-refractivity contribution >= 4 is 17.6 Å². The Labute approximate surface area is 117 Å². The van der Waals surface area contributed by atoms with E-state index in [4.69, 9.17) is 10.5 Å². The fourth-order valence-electron chi connectivity index (χ4n) is 2.39. The second kappa shape index (κ2) is 6.36. The molecule has 1 amide bonds. The summed E-state index contributed by atoms with van der Waals surface area (Å²) in [6.45, 7) is 2.59. The lowest BCUT2D eigenvalue weighted by molar-refractivity contribution is -0.149. The van der Waals surface area contributed by atoms with Gasteiger partial charge in [-0.05, 0) is 38.3 Å².